The number of ether oxygens (including phenoxy) is 1. The molecule has 2 aromatic rings. The monoisotopic (exact) mass is 501 g/mol. The molecule has 1 aliphatic heterocycles. The lowest BCUT2D eigenvalue weighted by molar-refractivity contribution is -0.139. The molecule has 164 valence electrons. The van der Waals surface area contributed by atoms with Gasteiger partial charge in [0.2, 0.25) is 0 Å². The molecule has 1 amide bonds. The van der Waals surface area contributed by atoms with Crippen molar-refractivity contribution in [1.82, 2.24) is 4.90 Å². The third-order valence-corrected chi connectivity index (χ3v) is 9.18. The fraction of sp³-hybridized carbons (Fsp3) is 0.500. The Morgan fingerprint density at radius 2 is 2.03 bits per heavy atom. The molecule has 31 heavy (non-hydrogen) atoms. The zero-order chi connectivity index (χ0) is 22.0. The van der Waals surface area contributed by atoms with Crippen molar-refractivity contribution in [3.63, 3.8) is 0 Å². The van der Waals surface area contributed by atoms with Gasteiger partial charge in [-0.05, 0) is 90.7 Å². The van der Waals surface area contributed by atoms with Gasteiger partial charge in [0.1, 0.15) is 0 Å². The first-order valence-electron chi connectivity index (χ1n) is 10.9. The van der Waals surface area contributed by atoms with Gasteiger partial charge in [0.05, 0.1) is 6.10 Å². The maximum Gasteiger partial charge on any atom is 0.262 e. The van der Waals surface area contributed by atoms with E-state index in [0.717, 1.165) is 47.7 Å². The van der Waals surface area contributed by atoms with Crippen molar-refractivity contribution in [3.05, 3.63) is 45.2 Å². The van der Waals surface area contributed by atoms with Crippen molar-refractivity contribution in [2.45, 2.75) is 63.6 Å². The predicted molar refractivity (Wildman–Crippen MR) is 128 cm³/mol. The number of amides is 1. The molecule has 5 rings (SSSR count). The fourth-order valence-electron chi connectivity index (χ4n) is 5.95. The largest absolute Gasteiger partial charge is 0.381 e. The van der Waals surface area contributed by atoms with Crippen molar-refractivity contribution in [3.8, 4) is 10.4 Å². The maximum absolute atomic E-state index is 14.1. The van der Waals surface area contributed by atoms with Crippen LogP contribution >= 0.6 is 27.3 Å². The molecular formula is C24H28BrN3O2S. The number of aliphatic imine (C=N–C) groups is 1. The average Bonchev–Trinajstić information content (AvgIpc) is 3.37. The molecule has 1 atom stereocenters. The highest BCUT2D eigenvalue weighted by molar-refractivity contribution is 9.10. The number of methoxy groups -OCH3 is 1. The van der Waals surface area contributed by atoms with Crippen LogP contribution in [0.3, 0.4) is 0 Å². The van der Waals surface area contributed by atoms with Crippen molar-refractivity contribution in [2.24, 2.45) is 16.1 Å². The smallest absolute Gasteiger partial charge is 0.262 e. The first-order chi connectivity index (χ1) is 14.8. The number of hydrogen-bond acceptors (Lipinski definition) is 5. The van der Waals surface area contributed by atoms with Crippen molar-refractivity contribution in [1.29, 1.82) is 0 Å². The second-order valence-electron chi connectivity index (χ2n) is 9.34. The number of carbonyl (C=O) groups is 1. The number of carbonyl (C=O) groups excluding carboxylic acids is 1. The van der Waals surface area contributed by atoms with Crippen molar-refractivity contribution < 1.29 is 9.53 Å². The van der Waals surface area contributed by atoms with Crippen molar-refractivity contribution >= 4 is 39.1 Å². The van der Waals surface area contributed by atoms with Crippen LogP contribution in [0.2, 0.25) is 0 Å². The number of nitrogens with two attached hydrogens (primary N) is 1. The average molecular weight is 502 g/mol. The second-order valence-corrected chi connectivity index (χ2v) is 11.2. The lowest BCUT2D eigenvalue weighted by Gasteiger charge is -2.45. The van der Waals surface area contributed by atoms with E-state index in [1.807, 2.05) is 13.8 Å². The minimum atomic E-state index is -0.931. The van der Waals surface area contributed by atoms with Crippen LogP contribution in [-0.2, 0) is 21.5 Å². The molecule has 2 heterocycles. The third-order valence-electron chi connectivity index (χ3n) is 7.44. The van der Waals surface area contributed by atoms with Gasteiger partial charge in [-0.2, -0.15) is 0 Å². The summed E-state index contributed by atoms with van der Waals surface area (Å²) in [4.78, 5) is 22.0. The van der Waals surface area contributed by atoms with Gasteiger partial charge in [0.15, 0.2) is 11.5 Å². The molecule has 1 aromatic heterocycles. The Balaban J connectivity index is 1.68. The molecule has 0 radical (unpaired) electrons. The molecule has 2 N–H and O–H groups in total. The molecule has 5 nitrogen and oxygen atoms in total. The highest BCUT2D eigenvalue weighted by atomic mass is 79.9. The number of guanidine groups is 1. The standard InChI is InChI=1S/C24H28BrN3O2S/c1-14(2)28-21(29)24(27-22(28)26)19-10-15(20-11-17(25)13-31-20)4-5-16(19)12-23(24)8-6-18(30-3)7-9-23/h4-5,10-11,13-14,18H,6-9,12H2,1-3H3,(H2,26,27). The van der Waals surface area contributed by atoms with E-state index in [1.54, 1.807) is 23.3 Å². The zero-order valence-corrected chi connectivity index (χ0v) is 20.6. The van der Waals surface area contributed by atoms with E-state index in [2.05, 4.69) is 45.6 Å². The summed E-state index contributed by atoms with van der Waals surface area (Å²) in [6, 6.07) is 8.68. The van der Waals surface area contributed by atoms with Crippen LogP contribution in [0.4, 0.5) is 0 Å². The summed E-state index contributed by atoms with van der Waals surface area (Å²) < 4.78 is 6.72. The molecule has 1 unspecified atom stereocenters. The first-order valence-corrected chi connectivity index (χ1v) is 12.6. The minimum absolute atomic E-state index is 0.0246. The van der Waals surface area contributed by atoms with E-state index in [1.165, 1.54) is 10.4 Å². The van der Waals surface area contributed by atoms with E-state index in [-0.39, 0.29) is 23.5 Å². The molecule has 2 spiro atoms. The minimum Gasteiger partial charge on any atom is -0.381 e. The molecule has 0 bridgehead atoms. The van der Waals surface area contributed by atoms with Crippen LogP contribution < -0.4 is 5.73 Å². The van der Waals surface area contributed by atoms with Crippen LogP contribution in [0, 0.1) is 5.41 Å². The Kier molecular flexibility index (Phi) is 5.07. The normalized spacial score (nSPS) is 30.0. The van der Waals surface area contributed by atoms with E-state index in [4.69, 9.17) is 15.5 Å². The summed E-state index contributed by atoms with van der Waals surface area (Å²) >= 11 is 5.26. The molecule has 3 aliphatic rings. The molecular weight excluding hydrogens is 474 g/mol. The third kappa shape index (κ3) is 2.96. The van der Waals surface area contributed by atoms with Gasteiger partial charge in [-0.1, -0.05) is 12.1 Å². The summed E-state index contributed by atoms with van der Waals surface area (Å²) in [6.07, 6.45) is 4.83. The predicted octanol–water partition coefficient (Wildman–Crippen LogP) is 5.07. The molecule has 1 aromatic carbocycles. The first kappa shape index (κ1) is 21.2. The summed E-state index contributed by atoms with van der Waals surface area (Å²) in [5.41, 5.74) is 8.62. The lowest BCUT2D eigenvalue weighted by atomic mass is 9.61. The van der Waals surface area contributed by atoms with Gasteiger partial charge >= 0.3 is 0 Å². The van der Waals surface area contributed by atoms with Crippen LogP contribution in [-0.4, -0.2) is 36.0 Å². The van der Waals surface area contributed by atoms with Crippen LogP contribution in [0.15, 0.2) is 39.1 Å². The maximum atomic E-state index is 14.1. The Morgan fingerprint density at radius 3 is 2.61 bits per heavy atom. The van der Waals surface area contributed by atoms with Gasteiger partial charge in [0.25, 0.3) is 5.91 Å². The van der Waals surface area contributed by atoms with Gasteiger partial charge in [-0.3, -0.25) is 9.69 Å². The number of hydrogen-bond donors (Lipinski definition) is 1. The number of rotatable bonds is 3. The van der Waals surface area contributed by atoms with Gasteiger partial charge in [-0.25, -0.2) is 4.99 Å². The Hall–Kier alpha value is -1.70. The number of halogens is 1. The van der Waals surface area contributed by atoms with Gasteiger partial charge < -0.3 is 10.5 Å². The molecule has 7 heteroatoms. The van der Waals surface area contributed by atoms with Gasteiger partial charge in [-0.15, -0.1) is 11.3 Å². The van der Waals surface area contributed by atoms with E-state index in [0.29, 0.717) is 5.96 Å². The fourth-order valence-corrected chi connectivity index (χ4v) is 7.38. The summed E-state index contributed by atoms with van der Waals surface area (Å²) in [5, 5.41) is 2.09. The lowest BCUT2D eigenvalue weighted by Crippen LogP contribution is -2.53. The summed E-state index contributed by atoms with van der Waals surface area (Å²) in [5.74, 6) is 0.393. The number of benzene rings is 1. The Labute approximate surface area is 195 Å². The van der Waals surface area contributed by atoms with E-state index < -0.39 is 5.54 Å². The molecule has 2 aliphatic carbocycles. The number of thiophene rings is 1. The number of nitrogens with zero attached hydrogens (tertiary/aromatic N) is 2. The van der Waals surface area contributed by atoms with E-state index >= 15 is 0 Å². The Morgan fingerprint density at radius 1 is 1.29 bits per heavy atom. The zero-order valence-electron chi connectivity index (χ0n) is 18.2. The summed E-state index contributed by atoms with van der Waals surface area (Å²) in [7, 11) is 1.78. The second kappa shape index (κ2) is 7.42. The Bertz CT molecular complexity index is 1070. The summed E-state index contributed by atoms with van der Waals surface area (Å²) in [6.45, 7) is 4.01. The molecule has 0 saturated heterocycles. The highest BCUT2D eigenvalue weighted by Crippen LogP contribution is 2.62. The molecule has 1 saturated carbocycles. The van der Waals surface area contributed by atoms with Crippen LogP contribution in [0.25, 0.3) is 10.4 Å². The molecule has 1 fully saturated rings. The van der Waals surface area contributed by atoms with Gasteiger partial charge in [0, 0.05) is 33.3 Å². The van der Waals surface area contributed by atoms with Crippen LogP contribution in [0.5, 0.6) is 0 Å². The number of fused-ring (bicyclic) bond motifs is 3. The SMILES string of the molecule is COC1CCC2(CC1)Cc1ccc(-c3cc(Br)cs3)cc1C21N=C(N)N(C(C)C)C1=O. The highest BCUT2D eigenvalue weighted by Gasteiger charge is 2.66. The van der Waals surface area contributed by atoms with E-state index in [9.17, 15) is 4.79 Å². The topological polar surface area (TPSA) is 67.9 Å². The van der Waals surface area contributed by atoms with Crippen molar-refractivity contribution in [2.75, 3.05) is 7.11 Å². The quantitative estimate of drug-likeness (QED) is 0.638. The van der Waals surface area contributed by atoms with Crippen LogP contribution in [0.1, 0.15) is 50.7 Å².